The van der Waals surface area contributed by atoms with E-state index in [0.29, 0.717) is 23.2 Å². The smallest absolute Gasteiger partial charge is 0.249 e. The number of nitrogens with two attached hydrogens (primary N) is 1. The van der Waals surface area contributed by atoms with Crippen LogP contribution in [0.3, 0.4) is 0 Å². The van der Waals surface area contributed by atoms with Gasteiger partial charge in [0.1, 0.15) is 18.2 Å². The van der Waals surface area contributed by atoms with Crippen molar-refractivity contribution >= 4 is 5.69 Å². The molecule has 0 atom stereocenters. The molecule has 3 rings (SSSR count). The molecule has 1 fully saturated rings. The number of hydrogen-bond donors (Lipinski definition) is 1. The van der Waals surface area contributed by atoms with Crippen molar-refractivity contribution in [1.82, 2.24) is 9.97 Å². The third-order valence-corrected chi connectivity index (χ3v) is 3.60. The van der Waals surface area contributed by atoms with Crippen LogP contribution in [0.25, 0.3) is 0 Å². The lowest BCUT2D eigenvalue weighted by molar-refractivity contribution is 0.149. The van der Waals surface area contributed by atoms with E-state index in [1.807, 2.05) is 30.3 Å². The molecule has 2 aromatic rings. The highest BCUT2D eigenvalue weighted by atomic mass is 16.5. The van der Waals surface area contributed by atoms with Gasteiger partial charge in [-0.05, 0) is 37.8 Å². The standard InChI is InChI=1S/C16H19N3O2/c17-14-15(20-12-7-3-1-4-8-12)18-11-19-16(14)21-13-9-5-2-6-10-13/h1,3-4,7-8,11,13H,2,5-6,9-10,17H2. The van der Waals surface area contributed by atoms with E-state index in [1.165, 1.54) is 25.6 Å². The van der Waals surface area contributed by atoms with Crippen LogP contribution in [0.15, 0.2) is 36.7 Å². The number of rotatable bonds is 4. The van der Waals surface area contributed by atoms with Crippen molar-refractivity contribution in [3.63, 3.8) is 0 Å². The summed E-state index contributed by atoms with van der Waals surface area (Å²) in [5.74, 6) is 1.44. The van der Waals surface area contributed by atoms with E-state index < -0.39 is 0 Å². The molecule has 1 aliphatic carbocycles. The summed E-state index contributed by atoms with van der Waals surface area (Å²) in [5.41, 5.74) is 6.43. The monoisotopic (exact) mass is 285 g/mol. The van der Waals surface area contributed by atoms with Crippen LogP contribution in [0.2, 0.25) is 0 Å². The maximum Gasteiger partial charge on any atom is 0.249 e. The molecule has 110 valence electrons. The second kappa shape index (κ2) is 6.43. The normalized spacial score (nSPS) is 15.6. The Balaban J connectivity index is 1.75. The Bertz CT molecular complexity index is 583. The van der Waals surface area contributed by atoms with E-state index in [0.717, 1.165) is 12.8 Å². The minimum atomic E-state index is 0.195. The van der Waals surface area contributed by atoms with Crippen LogP contribution in [0.1, 0.15) is 32.1 Å². The Hall–Kier alpha value is -2.30. The first kappa shape index (κ1) is 13.7. The first-order chi connectivity index (χ1) is 10.3. The van der Waals surface area contributed by atoms with Crippen molar-refractivity contribution in [2.45, 2.75) is 38.2 Å². The van der Waals surface area contributed by atoms with E-state index in [4.69, 9.17) is 15.2 Å². The lowest BCUT2D eigenvalue weighted by Crippen LogP contribution is -2.21. The fraction of sp³-hybridized carbons (Fsp3) is 0.375. The summed E-state index contributed by atoms with van der Waals surface area (Å²) in [6.45, 7) is 0. The molecule has 1 aromatic carbocycles. The zero-order chi connectivity index (χ0) is 14.5. The number of para-hydroxylation sites is 1. The fourth-order valence-corrected chi connectivity index (χ4v) is 2.48. The average molecular weight is 285 g/mol. The minimum Gasteiger partial charge on any atom is -0.473 e. The van der Waals surface area contributed by atoms with Gasteiger partial charge in [0.25, 0.3) is 0 Å². The second-order valence-electron chi connectivity index (χ2n) is 5.19. The van der Waals surface area contributed by atoms with Gasteiger partial charge in [-0.2, -0.15) is 9.97 Å². The summed E-state index contributed by atoms with van der Waals surface area (Å²) in [6, 6.07) is 9.42. The summed E-state index contributed by atoms with van der Waals surface area (Å²) in [7, 11) is 0. The Labute approximate surface area is 124 Å². The van der Waals surface area contributed by atoms with E-state index >= 15 is 0 Å². The summed E-state index contributed by atoms with van der Waals surface area (Å²) in [5, 5.41) is 0. The van der Waals surface area contributed by atoms with Gasteiger partial charge in [-0.3, -0.25) is 0 Å². The molecule has 5 nitrogen and oxygen atoms in total. The van der Waals surface area contributed by atoms with Crippen LogP contribution in [-0.4, -0.2) is 16.1 Å². The van der Waals surface area contributed by atoms with Gasteiger partial charge in [-0.1, -0.05) is 24.6 Å². The third-order valence-electron chi connectivity index (χ3n) is 3.60. The lowest BCUT2D eigenvalue weighted by atomic mass is 9.98. The van der Waals surface area contributed by atoms with Gasteiger partial charge in [-0.25, -0.2) is 0 Å². The van der Waals surface area contributed by atoms with Gasteiger partial charge >= 0.3 is 0 Å². The van der Waals surface area contributed by atoms with Gasteiger partial charge < -0.3 is 15.2 Å². The molecule has 1 aliphatic rings. The van der Waals surface area contributed by atoms with Crippen molar-refractivity contribution in [3.05, 3.63) is 36.7 Å². The molecule has 0 amide bonds. The first-order valence-electron chi connectivity index (χ1n) is 7.33. The molecular weight excluding hydrogens is 266 g/mol. The van der Waals surface area contributed by atoms with E-state index in [9.17, 15) is 0 Å². The largest absolute Gasteiger partial charge is 0.473 e. The van der Waals surface area contributed by atoms with Gasteiger partial charge in [0.05, 0.1) is 0 Å². The molecule has 0 bridgehead atoms. The van der Waals surface area contributed by atoms with Crippen LogP contribution < -0.4 is 15.2 Å². The number of anilines is 1. The van der Waals surface area contributed by atoms with Crippen molar-refractivity contribution in [1.29, 1.82) is 0 Å². The van der Waals surface area contributed by atoms with E-state index in [2.05, 4.69) is 9.97 Å². The second-order valence-corrected chi connectivity index (χ2v) is 5.19. The summed E-state index contributed by atoms with van der Waals surface area (Å²) in [4.78, 5) is 8.23. The van der Waals surface area contributed by atoms with E-state index in [1.54, 1.807) is 0 Å². The van der Waals surface area contributed by atoms with Crippen LogP contribution in [-0.2, 0) is 0 Å². The van der Waals surface area contributed by atoms with Crippen molar-refractivity contribution in [3.8, 4) is 17.5 Å². The molecule has 2 N–H and O–H groups in total. The highest BCUT2D eigenvalue weighted by Crippen LogP contribution is 2.32. The first-order valence-corrected chi connectivity index (χ1v) is 7.33. The van der Waals surface area contributed by atoms with Crippen LogP contribution in [0, 0.1) is 0 Å². The molecule has 0 unspecified atom stereocenters. The Kier molecular flexibility index (Phi) is 4.19. The topological polar surface area (TPSA) is 70.3 Å². The number of ether oxygens (including phenoxy) is 2. The Morgan fingerprint density at radius 1 is 0.952 bits per heavy atom. The molecular formula is C16H19N3O2. The highest BCUT2D eigenvalue weighted by Gasteiger charge is 2.19. The van der Waals surface area contributed by atoms with Gasteiger partial charge in [0.15, 0.2) is 5.69 Å². The molecule has 1 heterocycles. The van der Waals surface area contributed by atoms with Gasteiger partial charge in [0.2, 0.25) is 11.8 Å². The summed E-state index contributed by atoms with van der Waals surface area (Å²) in [6.07, 6.45) is 7.40. The van der Waals surface area contributed by atoms with Crippen molar-refractivity contribution in [2.24, 2.45) is 0 Å². The number of benzene rings is 1. The predicted octanol–water partition coefficient (Wildman–Crippen LogP) is 3.56. The molecule has 0 saturated heterocycles. The SMILES string of the molecule is Nc1c(Oc2ccccc2)ncnc1OC1CCCCC1. The van der Waals surface area contributed by atoms with Crippen molar-refractivity contribution < 1.29 is 9.47 Å². The minimum absolute atomic E-state index is 0.195. The van der Waals surface area contributed by atoms with Crippen LogP contribution in [0.4, 0.5) is 5.69 Å². The average Bonchev–Trinajstić information content (AvgIpc) is 2.53. The molecule has 0 aliphatic heterocycles. The number of nitrogens with zero attached hydrogens (tertiary/aromatic N) is 2. The maximum absolute atomic E-state index is 6.07. The molecule has 0 radical (unpaired) electrons. The quantitative estimate of drug-likeness (QED) is 0.930. The molecule has 1 saturated carbocycles. The molecule has 1 aromatic heterocycles. The van der Waals surface area contributed by atoms with Crippen LogP contribution in [0.5, 0.6) is 17.5 Å². The fourth-order valence-electron chi connectivity index (χ4n) is 2.48. The van der Waals surface area contributed by atoms with Crippen molar-refractivity contribution in [2.75, 3.05) is 5.73 Å². The molecule has 0 spiro atoms. The number of nitrogen functional groups attached to an aromatic ring is 1. The van der Waals surface area contributed by atoms with Gasteiger partial charge in [-0.15, -0.1) is 0 Å². The summed E-state index contributed by atoms with van der Waals surface area (Å²) < 4.78 is 11.6. The molecule has 21 heavy (non-hydrogen) atoms. The van der Waals surface area contributed by atoms with Gasteiger partial charge in [0, 0.05) is 0 Å². The highest BCUT2D eigenvalue weighted by molar-refractivity contribution is 5.56. The number of aromatic nitrogens is 2. The zero-order valence-electron chi connectivity index (χ0n) is 11.9. The Morgan fingerprint density at radius 3 is 2.43 bits per heavy atom. The zero-order valence-corrected chi connectivity index (χ0v) is 11.9. The third kappa shape index (κ3) is 3.42. The predicted molar refractivity (Wildman–Crippen MR) is 80.5 cm³/mol. The Morgan fingerprint density at radius 2 is 1.67 bits per heavy atom. The lowest BCUT2D eigenvalue weighted by Gasteiger charge is -2.23. The maximum atomic E-state index is 6.07. The van der Waals surface area contributed by atoms with Crippen LogP contribution >= 0.6 is 0 Å². The molecule has 5 heteroatoms. The van der Waals surface area contributed by atoms with E-state index in [-0.39, 0.29) is 6.10 Å². The number of hydrogen-bond acceptors (Lipinski definition) is 5. The summed E-state index contributed by atoms with van der Waals surface area (Å²) >= 11 is 0.